The van der Waals surface area contributed by atoms with Crippen molar-refractivity contribution >= 4 is 6.03 Å². The van der Waals surface area contributed by atoms with Crippen molar-refractivity contribution in [3.8, 4) is 0 Å². The van der Waals surface area contributed by atoms with Crippen molar-refractivity contribution in [1.82, 2.24) is 5.06 Å². The average Bonchev–Trinajstić information content (AvgIpc) is 1.36. The summed E-state index contributed by atoms with van der Waals surface area (Å²) in [6.07, 6.45) is 0. The summed E-state index contributed by atoms with van der Waals surface area (Å²) in [5.74, 6) is 0. The number of hydroxylamine groups is 2. The Morgan fingerprint density at radius 3 is 2.17 bits per heavy atom. The number of rotatable bonds is 0. The molecule has 0 aromatic rings. The van der Waals surface area contributed by atoms with E-state index in [0.29, 0.717) is 0 Å². The number of primary amides is 1. The SMILES string of the molecule is [CH2]N(O)C(N)=O. The molecular formula is C2H5N2O2. The molecule has 0 saturated carbocycles. The van der Waals surface area contributed by atoms with Crippen LogP contribution in [0.2, 0.25) is 0 Å². The standard InChI is InChI=1S/C2H5N2O2/c1-4(6)2(3)5/h6H,1H2,(H2,3,5). The molecule has 0 bridgehead atoms. The van der Waals surface area contributed by atoms with Crippen molar-refractivity contribution in [3.05, 3.63) is 7.05 Å². The number of carbonyl (C=O) groups excluding carboxylic acids is 1. The van der Waals surface area contributed by atoms with E-state index in [4.69, 9.17) is 5.21 Å². The average molecular weight is 89.1 g/mol. The van der Waals surface area contributed by atoms with Crippen LogP contribution in [-0.4, -0.2) is 16.3 Å². The third kappa shape index (κ3) is 1.54. The van der Waals surface area contributed by atoms with Crippen LogP contribution in [0.15, 0.2) is 0 Å². The maximum Gasteiger partial charge on any atom is 0.338 e. The van der Waals surface area contributed by atoms with Crippen molar-refractivity contribution in [3.63, 3.8) is 0 Å². The Kier molecular flexibility index (Phi) is 1.41. The molecule has 0 aromatic carbocycles. The highest BCUT2D eigenvalue weighted by Crippen LogP contribution is 1.68. The molecule has 0 rings (SSSR count). The van der Waals surface area contributed by atoms with Crippen LogP contribution in [0.5, 0.6) is 0 Å². The van der Waals surface area contributed by atoms with Gasteiger partial charge in [0.25, 0.3) is 0 Å². The summed E-state index contributed by atoms with van der Waals surface area (Å²) in [5, 5.41) is 7.93. The Balaban J connectivity index is 3.26. The molecule has 0 saturated heterocycles. The number of nitrogens with zero attached hydrogens (tertiary/aromatic N) is 1. The number of amides is 2. The van der Waals surface area contributed by atoms with Gasteiger partial charge in [-0.2, -0.15) is 0 Å². The maximum atomic E-state index is 9.53. The minimum atomic E-state index is -0.963. The first kappa shape index (κ1) is 5.23. The van der Waals surface area contributed by atoms with Gasteiger partial charge in [-0.3, -0.25) is 5.21 Å². The summed E-state index contributed by atoms with van der Waals surface area (Å²) in [5.41, 5.74) is 4.41. The van der Waals surface area contributed by atoms with Crippen LogP contribution in [0.1, 0.15) is 0 Å². The summed E-state index contributed by atoms with van der Waals surface area (Å²) in [4.78, 5) is 9.53. The van der Waals surface area contributed by atoms with E-state index < -0.39 is 6.03 Å². The molecule has 0 aliphatic heterocycles. The minimum Gasteiger partial charge on any atom is -0.350 e. The van der Waals surface area contributed by atoms with Gasteiger partial charge in [0.1, 0.15) is 0 Å². The lowest BCUT2D eigenvalue weighted by molar-refractivity contribution is 0.00431. The summed E-state index contributed by atoms with van der Waals surface area (Å²) in [6.45, 7) is 0. The molecule has 6 heavy (non-hydrogen) atoms. The first-order valence-corrected chi connectivity index (χ1v) is 1.23. The molecule has 0 fully saturated rings. The summed E-state index contributed by atoms with van der Waals surface area (Å²) in [6, 6.07) is -0.963. The fourth-order valence-corrected chi connectivity index (χ4v) is 0. The maximum absolute atomic E-state index is 9.53. The molecular weight excluding hydrogens is 84.0 g/mol. The normalized spacial score (nSPS) is 7.67. The smallest absolute Gasteiger partial charge is 0.338 e. The van der Waals surface area contributed by atoms with Crippen LogP contribution in [0.3, 0.4) is 0 Å². The fraction of sp³-hybridized carbons (Fsp3) is 0. The molecule has 0 unspecified atom stereocenters. The predicted molar refractivity (Wildman–Crippen MR) is 18.6 cm³/mol. The third-order valence-electron chi connectivity index (χ3n) is 0.254. The quantitative estimate of drug-likeness (QED) is 0.311. The van der Waals surface area contributed by atoms with Gasteiger partial charge in [0.15, 0.2) is 0 Å². The Morgan fingerprint density at radius 1 is 2.00 bits per heavy atom. The van der Waals surface area contributed by atoms with Gasteiger partial charge >= 0.3 is 6.03 Å². The summed E-state index contributed by atoms with van der Waals surface area (Å²) >= 11 is 0. The van der Waals surface area contributed by atoms with E-state index in [-0.39, 0.29) is 5.06 Å². The second-order valence-corrected chi connectivity index (χ2v) is 0.738. The Bertz CT molecular complexity index is 60.6. The van der Waals surface area contributed by atoms with Gasteiger partial charge in [0, 0.05) is 0 Å². The predicted octanol–water partition coefficient (Wildman–Crippen LogP) is -0.452. The van der Waals surface area contributed by atoms with E-state index in [9.17, 15) is 4.79 Å². The molecule has 4 nitrogen and oxygen atoms in total. The van der Waals surface area contributed by atoms with Crippen molar-refractivity contribution in [2.75, 3.05) is 0 Å². The number of hydrogen-bond acceptors (Lipinski definition) is 2. The molecule has 1 radical (unpaired) electrons. The zero-order valence-corrected chi connectivity index (χ0v) is 3.09. The molecule has 4 heteroatoms. The number of urea groups is 1. The van der Waals surface area contributed by atoms with Gasteiger partial charge in [-0.1, -0.05) is 0 Å². The second-order valence-electron chi connectivity index (χ2n) is 0.738. The van der Waals surface area contributed by atoms with E-state index in [1.807, 2.05) is 0 Å². The molecule has 0 spiro atoms. The lowest BCUT2D eigenvalue weighted by Gasteiger charge is -1.98. The van der Waals surface area contributed by atoms with Crippen LogP contribution >= 0.6 is 0 Å². The molecule has 0 aliphatic rings. The van der Waals surface area contributed by atoms with Gasteiger partial charge in [0.2, 0.25) is 0 Å². The fourth-order valence-electron chi connectivity index (χ4n) is 0. The van der Waals surface area contributed by atoms with Crippen LogP contribution in [0, 0.1) is 7.05 Å². The highest BCUT2D eigenvalue weighted by atomic mass is 16.5. The minimum absolute atomic E-state index is 0.0556. The van der Waals surface area contributed by atoms with E-state index in [1.165, 1.54) is 0 Å². The first-order chi connectivity index (χ1) is 2.64. The number of nitrogens with two attached hydrogens (primary N) is 1. The van der Waals surface area contributed by atoms with Gasteiger partial charge in [-0.25, -0.2) is 9.86 Å². The Hall–Kier alpha value is -0.770. The van der Waals surface area contributed by atoms with Gasteiger partial charge in [-0.15, -0.1) is 0 Å². The zero-order chi connectivity index (χ0) is 5.15. The number of hydrogen-bond donors (Lipinski definition) is 2. The highest BCUT2D eigenvalue weighted by molar-refractivity contribution is 5.70. The summed E-state index contributed by atoms with van der Waals surface area (Å²) < 4.78 is 0. The van der Waals surface area contributed by atoms with Gasteiger partial charge in [-0.05, 0) is 0 Å². The largest absolute Gasteiger partial charge is 0.350 e. The first-order valence-electron chi connectivity index (χ1n) is 1.23. The van der Waals surface area contributed by atoms with Crippen molar-refractivity contribution in [2.45, 2.75) is 0 Å². The van der Waals surface area contributed by atoms with Crippen LogP contribution in [0.25, 0.3) is 0 Å². The molecule has 0 aliphatic carbocycles. The molecule has 0 heterocycles. The Labute approximate surface area is 35.1 Å². The monoisotopic (exact) mass is 89.0 g/mol. The molecule has 0 atom stereocenters. The van der Waals surface area contributed by atoms with Crippen LogP contribution in [0.4, 0.5) is 4.79 Å². The Morgan fingerprint density at radius 2 is 2.17 bits per heavy atom. The van der Waals surface area contributed by atoms with E-state index >= 15 is 0 Å². The van der Waals surface area contributed by atoms with Crippen molar-refractivity contribution in [2.24, 2.45) is 5.73 Å². The zero-order valence-electron chi connectivity index (χ0n) is 3.09. The summed E-state index contributed by atoms with van der Waals surface area (Å²) in [7, 11) is 2.75. The van der Waals surface area contributed by atoms with E-state index in [2.05, 4.69) is 12.8 Å². The second kappa shape index (κ2) is 1.61. The van der Waals surface area contributed by atoms with Gasteiger partial charge < -0.3 is 5.73 Å². The van der Waals surface area contributed by atoms with Crippen molar-refractivity contribution in [1.29, 1.82) is 0 Å². The molecule has 3 N–H and O–H groups in total. The van der Waals surface area contributed by atoms with Gasteiger partial charge in [0.05, 0.1) is 7.05 Å². The van der Waals surface area contributed by atoms with E-state index in [0.717, 1.165) is 0 Å². The van der Waals surface area contributed by atoms with Crippen molar-refractivity contribution < 1.29 is 10.0 Å². The molecule has 2 amide bonds. The highest BCUT2D eigenvalue weighted by Gasteiger charge is 1.91. The lowest BCUT2D eigenvalue weighted by atomic mass is 11.0. The molecule has 0 aromatic heterocycles. The van der Waals surface area contributed by atoms with Crippen LogP contribution in [-0.2, 0) is 0 Å². The topological polar surface area (TPSA) is 66.6 Å². The lowest BCUT2D eigenvalue weighted by Crippen LogP contribution is -2.26. The third-order valence-corrected chi connectivity index (χ3v) is 0.254. The van der Waals surface area contributed by atoms with Crippen LogP contribution < -0.4 is 5.73 Å². The molecule has 35 valence electrons. The van der Waals surface area contributed by atoms with E-state index in [1.54, 1.807) is 0 Å². The number of carbonyl (C=O) groups is 1.